The first-order valence-corrected chi connectivity index (χ1v) is 7.58. The summed E-state index contributed by atoms with van der Waals surface area (Å²) in [7, 11) is 0. The molecule has 0 saturated heterocycles. The number of rotatable bonds is 6. The molecule has 0 saturated carbocycles. The van der Waals surface area contributed by atoms with E-state index in [1.165, 1.54) is 4.88 Å². The SMILES string of the molecule is CC(NCCOc1cccc(Br)c1)c1cccs1. The van der Waals surface area contributed by atoms with Gasteiger partial charge in [0.15, 0.2) is 0 Å². The minimum absolute atomic E-state index is 0.385. The average Bonchev–Trinajstić information content (AvgIpc) is 2.88. The molecule has 0 aliphatic carbocycles. The predicted octanol–water partition coefficient (Wildman–Crippen LogP) is 4.24. The van der Waals surface area contributed by atoms with Gasteiger partial charge >= 0.3 is 0 Å². The highest BCUT2D eigenvalue weighted by atomic mass is 79.9. The van der Waals surface area contributed by atoms with Crippen molar-refractivity contribution in [2.75, 3.05) is 13.2 Å². The molecule has 18 heavy (non-hydrogen) atoms. The summed E-state index contributed by atoms with van der Waals surface area (Å²) in [6.07, 6.45) is 0. The van der Waals surface area contributed by atoms with Gasteiger partial charge in [0.25, 0.3) is 0 Å². The van der Waals surface area contributed by atoms with Crippen molar-refractivity contribution in [1.82, 2.24) is 5.32 Å². The van der Waals surface area contributed by atoms with Gasteiger partial charge in [-0.2, -0.15) is 0 Å². The molecule has 1 atom stereocenters. The zero-order valence-electron chi connectivity index (χ0n) is 10.2. The number of thiophene rings is 1. The topological polar surface area (TPSA) is 21.3 Å². The van der Waals surface area contributed by atoms with Crippen LogP contribution in [0.2, 0.25) is 0 Å². The van der Waals surface area contributed by atoms with Crippen LogP contribution >= 0.6 is 27.3 Å². The predicted molar refractivity (Wildman–Crippen MR) is 80.4 cm³/mol. The maximum Gasteiger partial charge on any atom is 0.120 e. The van der Waals surface area contributed by atoms with Crippen LogP contribution in [-0.4, -0.2) is 13.2 Å². The Morgan fingerprint density at radius 1 is 1.33 bits per heavy atom. The Kier molecular flexibility index (Phi) is 5.23. The highest BCUT2D eigenvalue weighted by Crippen LogP contribution is 2.19. The molecule has 0 bridgehead atoms. The smallest absolute Gasteiger partial charge is 0.120 e. The number of benzene rings is 1. The van der Waals surface area contributed by atoms with Crippen LogP contribution in [0.1, 0.15) is 17.8 Å². The van der Waals surface area contributed by atoms with Gasteiger partial charge in [0, 0.05) is 21.9 Å². The summed E-state index contributed by atoms with van der Waals surface area (Å²) in [6.45, 7) is 3.68. The van der Waals surface area contributed by atoms with E-state index in [1.807, 2.05) is 24.3 Å². The lowest BCUT2D eigenvalue weighted by molar-refractivity contribution is 0.308. The summed E-state index contributed by atoms with van der Waals surface area (Å²) in [6, 6.07) is 12.5. The van der Waals surface area contributed by atoms with Gasteiger partial charge in [-0.25, -0.2) is 0 Å². The molecule has 0 amide bonds. The van der Waals surface area contributed by atoms with E-state index in [4.69, 9.17) is 4.74 Å². The second kappa shape index (κ2) is 6.92. The van der Waals surface area contributed by atoms with E-state index in [2.05, 4.69) is 45.7 Å². The highest BCUT2D eigenvalue weighted by Gasteiger charge is 2.04. The van der Waals surface area contributed by atoms with Gasteiger partial charge in [-0.05, 0) is 36.6 Å². The van der Waals surface area contributed by atoms with Gasteiger partial charge in [0.1, 0.15) is 12.4 Å². The zero-order valence-corrected chi connectivity index (χ0v) is 12.6. The molecule has 2 aromatic rings. The van der Waals surface area contributed by atoms with Crippen LogP contribution in [0.3, 0.4) is 0 Å². The Bertz CT molecular complexity index is 472. The first-order valence-electron chi connectivity index (χ1n) is 5.91. The summed E-state index contributed by atoms with van der Waals surface area (Å²) in [5.41, 5.74) is 0. The Hall–Kier alpha value is -0.840. The third-order valence-corrected chi connectivity index (χ3v) is 4.14. The van der Waals surface area contributed by atoms with Crippen LogP contribution in [0.5, 0.6) is 5.75 Å². The molecule has 0 spiro atoms. The fourth-order valence-electron chi connectivity index (χ4n) is 1.64. The number of nitrogens with one attached hydrogen (secondary N) is 1. The van der Waals surface area contributed by atoms with Crippen molar-refractivity contribution in [3.63, 3.8) is 0 Å². The summed E-state index contributed by atoms with van der Waals surface area (Å²) < 4.78 is 6.71. The lowest BCUT2D eigenvalue weighted by Gasteiger charge is -2.12. The minimum Gasteiger partial charge on any atom is -0.492 e. The molecule has 0 aliphatic heterocycles. The second-order valence-corrected chi connectivity index (χ2v) is 5.89. The van der Waals surface area contributed by atoms with Gasteiger partial charge < -0.3 is 10.1 Å². The number of halogens is 1. The maximum atomic E-state index is 5.67. The maximum absolute atomic E-state index is 5.67. The Morgan fingerprint density at radius 3 is 2.94 bits per heavy atom. The molecule has 1 aromatic heterocycles. The Balaban J connectivity index is 1.70. The van der Waals surface area contributed by atoms with Crippen molar-refractivity contribution < 1.29 is 4.74 Å². The molecule has 1 heterocycles. The van der Waals surface area contributed by atoms with E-state index in [-0.39, 0.29) is 0 Å². The van der Waals surface area contributed by atoms with Crippen molar-refractivity contribution in [2.24, 2.45) is 0 Å². The normalized spacial score (nSPS) is 12.3. The third kappa shape index (κ3) is 4.12. The van der Waals surface area contributed by atoms with Gasteiger partial charge in [0.2, 0.25) is 0 Å². The summed E-state index contributed by atoms with van der Waals surface area (Å²) in [5.74, 6) is 0.898. The van der Waals surface area contributed by atoms with Crippen molar-refractivity contribution >= 4 is 27.3 Å². The molecule has 0 radical (unpaired) electrons. The van der Waals surface area contributed by atoms with Crippen molar-refractivity contribution in [3.05, 3.63) is 51.1 Å². The first-order chi connectivity index (χ1) is 8.75. The van der Waals surface area contributed by atoms with E-state index < -0.39 is 0 Å². The van der Waals surface area contributed by atoms with Crippen LogP contribution < -0.4 is 10.1 Å². The monoisotopic (exact) mass is 325 g/mol. The largest absolute Gasteiger partial charge is 0.492 e. The molecule has 4 heteroatoms. The van der Waals surface area contributed by atoms with E-state index in [1.54, 1.807) is 11.3 Å². The number of hydrogen-bond acceptors (Lipinski definition) is 3. The minimum atomic E-state index is 0.385. The fourth-order valence-corrected chi connectivity index (χ4v) is 2.78. The van der Waals surface area contributed by atoms with Crippen LogP contribution in [0.25, 0.3) is 0 Å². The average molecular weight is 326 g/mol. The van der Waals surface area contributed by atoms with E-state index >= 15 is 0 Å². The van der Waals surface area contributed by atoms with Crippen LogP contribution in [0.15, 0.2) is 46.3 Å². The molecule has 2 nitrogen and oxygen atoms in total. The molecule has 0 aliphatic rings. The molecule has 2 rings (SSSR count). The molecular formula is C14H16BrNOS. The highest BCUT2D eigenvalue weighted by molar-refractivity contribution is 9.10. The first kappa shape index (κ1) is 13.6. The fraction of sp³-hybridized carbons (Fsp3) is 0.286. The van der Waals surface area contributed by atoms with Crippen molar-refractivity contribution in [3.8, 4) is 5.75 Å². The van der Waals surface area contributed by atoms with Gasteiger partial charge in [-0.3, -0.25) is 0 Å². The Labute approximate surface area is 120 Å². The van der Waals surface area contributed by atoms with Crippen molar-refractivity contribution in [2.45, 2.75) is 13.0 Å². The van der Waals surface area contributed by atoms with Gasteiger partial charge in [-0.15, -0.1) is 11.3 Å². The van der Waals surface area contributed by atoms with Crippen LogP contribution in [0, 0.1) is 0 Å². The molecule has 1 unspecified atom stereocenters. The summed E-state index contributed by atoms with van der Waals surface area (Å²) in [5, 5.41) is 5.55. The number of ether oxygens (including phenoxy) is 1. The summed E-state index contributed by atoms with van der Waals surface area (Å²) in [4.78, 5) is 1.36. The van der Waals surface area contributed by atoms with Crippen LogP contribution in [-0.2, 0) is 0 Å². The van der Waals surface area contributed by atoms with Crippen molar-refractivity contribution in [1.29, 1.82) is 0 Å². The molecule has 96 valence electrons. The van der Waals surface area contributed by atoms with Gasteiger partial charge in [0.05, 0.1) is 0 Å². The molecular weight excluding hydrogens is 310 g/mol. The zero-order chi connectivity index (χ0) is 12.8. The van der Waals surface area contributed by atoms with Gasteiger partial charge in [-0.1, -0.05) is 28.1 Å². The summed E-state index contributed by atoms with van der Waals surface area (Å²) >= 11 is 5.20. The quantitative estimate of drug-likeness (QED) is 0.802. The molecule has 1 N–H and O–H groups in total. The Morgan fingerprint density at radius 2 is 2.22 bits per heavy atom. The number of hydrogen-bond donors (Lipinski definition) is 1. The second-order valence-electron chi connectivity index (χ2n) is 4.00. The van der Waals surface area contributed by atoms with E-state index in [9.17, 15) is 0 Å². The van der Waals surface area contributed by atoms with Crippen LogP contribution in [0.4, 0.5) is 0 Å². The third-order valence-electron chi connectivity index (χ3n) is 2.59. The molecule has 0 fully saturated rings. The lowest BCUT2D eigenvalue weighted by Crippen LogP contribution is -2.23. The van der Waals surface area contributed by atoms with E-state index in [0.29, 0.717) is 12.6 Å². The van der Waals surface area contributed by atoms with E-state index in [0.717, 1.165) is 16.8 Å². The lowest BCUT2D eigenvalue weighted by atomic mass is 10.3. The standard InChI is InChI=1S/C14H16BrNOS/c1-11(14-6-3-9-18-14)16-7-8-17-13-5-2-4-12(15)10-13/h2-6,9-11,16H,7-8H2,1H3. The molecule has 1 aromatic carbocycles.